The summed E-state index contributed by atoms with van der Waals surface area (Å²) >= 11 is 3.42. The molecule has 100 valence electrons. The molecule has 0 saturated heterocycles. The van der Waals surface area contributed by atoms with Gasteiger partial charge in [-0.3, -0.25) is 0 Å². The van der Waals surface area contributed by atoms with Crippen LogP contribution in [0, 0.1) is 12.7 Å². The normalized spacial score (nSPS) is 12.4. The summed E-state index contributed by atoms with van der Waals surface area (Å²) in [5.41, 5.74) is 2.60. The Hall–Kier alpha value is -1.19. The van der Waals surface area contributed by atoms with Gasteiger partial charge in [-0.15, -0.1) is 0 Å². The monoisotopic (exact) mass is 321 g/mol. The van der Waals surface area contributed by atoms with Crippen molar-refractivity contribution in [2.45, 2.75) is 19.4 Å². The predicted molar refractivity (Wildman–Crippen MR) is 80.8 cm³/mol. The average molecular weight is 322 g/mol. The standard InChI is InChI=1S/C16H17BrFN/c1-11-4-3-5-14(16(11)18)15(19-2)10-12-6-8-13(17)9-7-12/h3-9,15,19H,10H2,1-2H3. The first-order valence-corrected chi connectivity index (χ1v) is 7.08. The highest BCUT2D eigenvalue weighted by Crippen LogP contribution is 2.23. The van der Waals surface area contributed by atoms with E-state index in [1.165, 1.54) is 5.56 Å². The Labute approximate surface area is 122 Å². The van der Waals surface area contributed by atoms with Crippen molar-refractivity contribution in [3.8, 4) is 0 Å². The van der Waals surface area contributed by atoms with Gasteiger partial charge in [0, 0.05) is 16.1 Å². The van der Waals surface area contributed by atoms with Crippen LogP contribution in [0.2, 0.25) is 0 Å². The van der Waals surface area contributed by atoms with Crippen molar-refractivity contribution in [2.75, 3.05) is 7.05 Å². The smallest absolute Gasteiger partial charge is 0.130 e. The second-order valence-electron chi connectivity index (χ2n) is 4.65. The molecule has 0 amide bonds. The quantitative estimate of drug-likeness (QED) is 0.880. The van der Waals surface area contributed by atoms with E-state index in [-0.39, 0.29) is 11.9 Å². The second-order valence-corrected chi connectivity index (χ2v) is 5.57. The number of benzene rings is 2. The molecule has 0 aliphatic carbocycles. The molecular formula is C16H17BrFN. The van der Waals surface area contributed by atoms with E-state index in [9.17, 15) is 4.39 Å². The van der Waals surface area contributed by atoms with E-state index in [1.807, 2.05) is 31.3 Å². The van der Waals surface area contributed by atoms with Gasteiger partial charge < -0.3 is 5.32 Å². The van der Waals surface area contributed by atoms with Gasteiger partial charge in [-0.25, -0.2) is 4.39 Å². The van der Waals surface area contributed by atoms with E-state index in [0.29, 0.717) is 5.56 Å². The van der Waals surface area contributed by atoms with Gasteiger partial charge in [0.2, 0.25) is 0 Å². The molecule has 1 unspecified atom stereocenters. The molecule has 0 spiro atoms. The van der Waals surface area contributed by atoms with Crippen molar-refractivity contribution in [1.29, 1.82) is 0 Å². The highest BCUT2D eigenvalue weighted by Gasteiger charge is 2.15. The number of halogens is 2. The highest BCUT2D eigenvalue weighted by atomic mass is 79.9. The zero-order valence-corrected chi connectivity index (χ0v) is 12.7. The maximum absolute atomic E-state index is 14.2. The summed E-state index contributed by atoms with van der Waals surface area (Å²) in [5.74, 6) is -0.112. The highest BCUT2D eigenvalue weighted by molar-refractivity contribution is 9.10. The third-order valence-corrected chi connectivity index (χ3v) is 3.83. The van der Waals surface area contributed by atoms with Gasteiger partial charge in [0.15, 0.2) is 0 Å². The molecule has 0 aliphatic heterocycles. The Kier molecular flexibility index (Phi) is 4.72. The first-order chi connectivity index (χ1) is 9.11. The zero-order chi connectivity index (χ0) is 13.8. The van der Waals surface area contributed by atoms with Crippen LogP contribution in [0.25, 0.3) is 0 Å². The van der Waals surface area contributed by atoms with Crippen molar-refractivity contribution in [3.05, 3.63) is 69.4 Å². The van der Waals surface area contributed by atoms with Crippen LogP contribution in [0.3, 0.4) is 0 Å². The Morgan fingerprint density at radius 1 is 1.16 bits per heavy atom. The number of aryl methyl sites for hydroxylation is 1. The Bertz CT molecular complexity index is 551. The third-order valence-electron chi connectivity index (χ3n) is 3.30. The van der Waals surface area contributed by atoms with Crippen LogP contribution in [0.4, 0.5) is 4.39 Å². The molecule has 0 radical (unpaired) electrons. The molecular weight excluding hydrogens is 305 g/mol. The molecule has 1 atom stereocenters. The van der Waals surface area contributed by atoms with Crippen molar-refractivity contribution in [1.82, 2.24) is 5.32 Å². The fourth-order valence-electron chi connectivity index (χ4n) is 2.16. The molecule has 0 heterocycles. The fourth-order valence-corrected chi connectivity index (χ4v) is 2.43. The summed E-state index contributed by atoms with van der Waals surface area (Å²) in [5, 5.41) is 3.20. The summed E-state index contributed by atoms with van der Waals surface area (Å²) in [6.07, 6.45) is 0.768. The lowest BCUT2D eigenvalue weighted by molar-refractivity contribution is 0.530. The minimum absolute atomic E-state index is 0.0129. The lowest BCUT2D eigenvalue weighted by Gasteiger charge is -2.18. The van der Waals surface area contributed by atoms with Gasteiger partial charge in [-0.05, 0) is 43.7 Å². The summed E-state index contributed by atoms with van der Waals surface area (Å²) in [7, 11) is 1.87. The van der Waals surface area contributed by atoms with Crippen LogP contribution in [0.15, 0.2) is 46.9 Å². The molecule has 2 aromatic rings. The summed E-state index contributed by atoms with van der Waals surface area (Å²) < 4.78 is 15.2. The third kappa shape index (κ3) is 3.43. The van der Waals surface area contributed by atoms with Gasteiger partial charge in [0.25, 0.3) is 0 Å². The number of rotatable bonds is 4. The first-order valence-electron chi connectivity index (χ1n) is 6.28. The Balaban J connectivity index is 2.25. The van der Waals surface area contributed by atoms with Gasteiger partial charge >= 0.3 is 0 Å². The minimum Gasteiger partial charge on any atom is -0.313 e. The van der Waals surface area contributed by atoms with Gasteiger partial charge in [-0.1, -0.05) is 46.3 Å². The second kappa shape index (κ2) is 6.31. The molecule has 0 fully saturated rings. The zero-order valence-electron chi connectivity index (χ0n) is 11.1. The minimum atomic E-state index is -0.112. The van der Waals surface area contributed by atoms with Crippen LogP contribution in [-0.4, -0.2) is 7.05 Å². The fraction of sp³-hybridized carbons (Fsp3) is 0.250. The van der Waals surface area contributed by atoms with E-state index in [1.54, 1.807) is 13.0 Å². The average Bonchev–Trinajstić information content (AvgIpc) is 2.42. The molecule has 1 N–H and O–H groups in total. The summed E-state index contributed by atoms with van der Waals surface area (Å²) in [6, 6.07) is 13.7. The van der Waals surface area contributed by atoms with Crippen molar-refractivity contribution in [3.63, 3.8) is 0 Å². The predicted octanol–water partition coefficient (Wildman–Crippen LogP) is 4.40. The van der Waals surface area contributed by atoms with Gasteiger partial charge in [0.1, 0.15) is 5.82 Å². The van der Waals surface area contributed by atoms with Crippen LogP contribution >= 0.6 is 15.9 Å². The molecule has 0 saturated carbocycles. The lowest BCUT2D eigenvalue weighted by atomic mass is 9.97. The maximum Gasteiger partial charge on any atom is 0.130 e. The van der Waals surface area contributed by atoms with Crippen LogP contribution < -0.4 is 5.32 Å². The largest absolute Gasteiger partial charge is 0.313 e. The van der Waals surface area contributed by atoms with Crippen LogP contribution in [-0.2, 0) is 6.42 Å². The first kappa shape index (κ1) is 14.2. The molecule has 0 aliphatic rings. The maximum atomic E-state index is 14.2. The SMILES string of the molecule is CNC(Cc1ccc(Br)cc1)c1cccc(C)c1F. The Morgan fingerprint density at radius 3 is 2.47 bits per heavy atom. The van der Waals surface area contributed by atoms with Crippen molar-refractivity contribution in [2.24, 2.45) is 0 Å². The van der Waals surface area contributed by atoms with Crippen molar-refractivity contribution >= 4 is 15.9 Å². The van der Waals surface area contributed by atoms with Crippen molar-refractivity contribution < 1.29 is 4.39 Å². The van der Waals surface area contributed by atoms with Crippen LogP contribution in [0.5, 0.6) is 0 Å². The van der Waals surface area contributed by atoms with Gasteiger partial charge in [0.05, 0.1) is 0 Å². The molecule has 19 heavy (non-hydrogen) atoms. The molecule has 0 bridgehead atoms. The number of likely N-dealkylation sites (N-methyl/N-ethyl adjacent to an activating group) is 1. The number of hydrogen-bond donors (Lipinski definition) is 1. The Morgan fingerprint density at radius 2 is 1.84 bits per heavy atom. The molecule has 2 aromatic carbocycles. The number of hydrogen-bond acceptors (Lipinski definition) is 1. The van der Waals surface area contributed by atoms with E-state index < -0.39 is 0 Å². The van der Waals surface area contributed by atoms with E-state index in [0.717, 1.165) is 16.5 Å². The summed E-state index contributed by atoms with van der Waals surface area (Å²) in [4.78, 5) is 0. The molecule has 2 rings (SSSR count). The molecule has 3 heteroatoms. The lowest BCUT2D eigenvalue weighted by Crippen LogP contribution is -2.20. The topological polar surface area (TPSA) is 12.0 Å². The van der Waals surface area contributed by atoms with E-state index in [2.05, 4.69) is 33.4 Å². The number of nitrogens with one attached hydrogen (secondary N) is 1. The van der Waals surface area contributed by atoms with Gasteiger partial charge in [-0.2, -0.15) is 0 Å². The molecule has 1 nitrogen and oxygen atoms in total. The molecule has 0 aromatic heterocycles. The van der Waals surface area contributed by atoms with E-state index in [4.69, 9.17) is 0 Å². The van der Waals surface area contributed by atoms with Crippen LogP contribution in [0.1, 0.15) is 22.7 Å². The summed E-state index contributed by atoms with van der Waals surface area (Å²) in [6.45, 7) is 1.80. The van der Waals surface area contributed by atoms with E-state index >= 15 is 0 Å².